The van der Waals surface area contributed by atoms with Crippen molar-refractivity contribution in [3.8, 4) is 0 Å². The summed E-state index contributed by atoms with van der Waals surface area (Å²) in [6.07, 6.45) is 0. The largest absolute Gasteiger partial charge is 0.380 e. The van der Waals surface area contributed by atoms with Crippen molar-refractivity contribution in [2.45, 2.75) is 13.5 Å². The van der Waals surface area contributed by atoms with E-state index in [1.807, 2.05) is 18.2 Å². The van der Waals surface area contributed by atoms with Gasteiger partial charge < -0.3 is 11.1 Å². The Hall–Kier alpha value is -1.33. The maximum absolute atomic E-state index is 11.0. The first-order valence-corrected chi connectivity index (χ1v) is 7.11. The van der Waals surface area contributed by atoms with E-state index >= 15 is 0 Å². The molecule has 3 N–H and O–H groups in total. The Morgan fingerprint density at radius 3 is 2.89 bits per heavy atom. The molecular weight excluding hydrogens is 312 g/mol. The number of hydrogen-bond donors (Lipinski definition) is 2. The second-order valence-corrected chi connectivity index (χ2v) is 5.89. The number of carbonyl (C=O) groups is 1. The number of hydrogen-bond acceptors (Lipinski definition) is 3. The molecule has 3 nitrogen and oxygen atoms in total. The lowest BCUT2D eigenvalue weighted by Gasteiger charge is -2.08. The van der Waals surface area contributed by atoms with Crippen molar-refractivity contribution >= 4 is 38.9 Å². The molecule has 0 spiro atoms. The van der Waals surface area contributed by atoms with Crippen LogP contribution >= 0.6 is 27.3 Å². The minimum atomic E-state index is -0.379. The molecule has 94 valence electrons. The normalized spacial score (nSPS) is 10.3. The number of primary amides is 1. The number of aryl methyl sites for hydroxylation is 1. The van der Waals surface area contributed by atoms with Gasteiger partial charge in [-0.1, -0.05) is 22.0 Å². The molecule has 1 amide bonds. The lowest BCUT2D eigenvalue weighted by Crippen LogP contribution is -2.09. The smallest absolute Gasteiger partial charge is 0.249 e. The van der Waals surface area contributed by atoms with Gasteiger partial charge in [0.25, 0.3) is 0 Å². The summed E-state index contributed by atoms with van der Waals surface area (Å²) in [5, 5.41) is 5.14. The summed E-state index contributed by atoms with van der Waals surface area (Å²) in [4.78, 5) is 12.1. The minimum absolute atomic E-state index is 0.379. The molecule has 0 atom stereocenters. The second kappa shape index (κ2) is 5.54. The number of rotatable bonds is 4. The zero-order chi connectivity index (χ0) is 13.1. The molecular formula is C13H13BrN2OS. The SMILES string of the molecule is Cc1ccc(Br)cc1NCc1cc(C(N)=O)cs1. The van der Waals surface area contributed by atoms with E-state index in [2.05, 4.69) is 34.2 Å². The molecule has 0 radical (unpaired) electrons. The molecule has 1 heterocycles. The van der Waals surface area contributed by atoms with Crippen LogP contribution in [0.25, 0.3) is 0 Å². The first-order valence-electron chi connectivity index (χ1n) is 5.43. The van der Waals surface area contributed by atoms with Crippen molar-refractivity contribution in [1.29, 1.82) is 0 Å². The fraction of sp³-hybridized carbons (Fsp3) is 0.154. The molecule has 2 aromatic rings. The standard InChI is InChI=1S/C13H13BrN2OS/c1-8-2-3-10(14)5-12(8)16-6-11-4-9(7-18-11)13(15)17/h2-5,7,16H,6H2,1H3,(H2,15,17). The van der Waals surface area contributed by atoms with Crippen molar-refractivity contribution in [3.05, 3.63) is 50.1 Å². The zero-order valence-electron chi connectivity index (χ0n) is 9.87. The first-order chi connectivity index (χ1) is 8.56. The molecule has 5 heteroatoms. The Kier molecular flexibility index (Phi) is 4.04. The van der Waals surface area contributed by atoms with Gasteiger partial charge in [0.2, 0.25) is 5.91 Å². The van der Waals surface area contributed by atoms with Crippen LogP contribution < -0.4 is 11.1 Å². The van der Waals surface area contributed by atoms with E-state index < -0.39 is 0 Å². The summed E-state index contributed by atoms with van der Waals surface area (Å²) in [7, 11) is 0. The van der Waals surface area contributed by atoms with Gasteiger partial charge in [0.1, 0.15) is 0 Å². The molecule has 0 aliphatic carbocycles. The van der Waals surface area contributed by atoms with Crippen LogP contribution in [0.4, 0.5) is 5.69 Å². The summed E-state index contributed by atoms with van der Waals surface area (Å²) in [6.45, 7) is 2.74. The van der Waals surface area contributed by atoms with Gasteiger partial charge in [-0.25, -0.2) is 0 Å². The molecule has 1 aromatic heterocycles. The number of thiophene rings is 1. The van der Waals surface area contributed by atoms with E-state index in [1.54, 1.807) is 5.38 Å². The first kappa shape index (κ1) is 13.1. The van der Waals surface area contributed by atoms with E-state index in [-0.39, 0.29) is 5.91 Å². The topological polar surface area (TPSA) is 55.1 Å². The maximum atomic E-state index is 11.0. The second-order valence-electron chi connectivity index (χ2n) is 3.98. The van der Waals surface area contributed by atoms with Crippen LogP contribution in [0.3, 0.4) is 0 Å². The van der Waals surface area contributed by atoms with Gasteiger partial charge in [-0.3, -0.25) is 4.79 Å². The van der Waals surface area contributed by atoms with E-state index in [1.165, 1.54) is 16.9 Å². The number of benzene rings is 1. The van der Waals surface area contributed by atoms with Crippen molar-refractivity contribution in [2.75, 3.05) is 5.32 Å². The highest BCUT2D eigenvalue weighted by atomic mass is 79.9. The van der Waals surface area contributed by atoms with Crippen LogP contribution in [0.15, 0.2) is 34.1 Å². The fourth-order valence-electron chi connectivity index (χ4n) is 1.57. The van der Waals surface area contributed by atoms with Gasteiger partial charge in [-0.05, 0) is 30.7 Å². The summed E-state index contributed by atoms with van der Waals surface area (Å²) in [6, 6.07) is 7.93. The molecule has 0 aliphatic rings. The highest BCUT2D eigenvalue weighted by Gasteiger charge is 2.05. The third kappa shape index (κ3) is 3.11. The van der Waals surface area contributed by atoms with Crippen LogP contribution in [0.1, 0.15) is 20.8 Å². The third-order valence-corrected chi connectivity index (χ3v) is 4.02. The molecule has 0 aliphatic heterocycles. The van der Waals surface area contributed by atoms with E-state index in [0.717, 1.165) is 15.0 Å². The van der Waals surface area contributed by atoms with Gasteiger partial charge in [0, 0.05) is 27.0 Å². The molecule has 0 bridgehead atoms. The minimum Gasteiger partial charge on any atom is -0.380 e. The molecule has 0 fully saturated rings. The van der Waals surface area contributed by atoms with Gasteiger partial charge >= 0.3 is 0 Å². The van der Waals surface area contributed by atoms with Crippen molar-refractivity contribution in [1.82, 2.24) is 0 Å². The predicted octanol–water partition coefficient (Wildman–Crippen LogP) is 3.53. The van der Waals surface area contributed by atoms with E-state index in [0.29, 0.717) is 12.1 Å². The highest BCUT2D eigenvalue weighted by molar-refractivity contribution is 9.10. The van der Waals surface area contributed by atoms with Crippen molar-refractivity contribution in [3.63, 3.8) is 0 Å². The van der Waals surface area contributed by atoms with Gasteiger partial charge in [0.05, 0.1) is 5.56 Å². The average Bonchev–Trinajstić information content (AvgIpc) is 2.79. The van der Waals surface area contributed by atoms with Crippen molar-refractivity contribution < 1.29 is 4.79 Å². The van der Waals surface area contributed by atoms with Crippen LogP contribution in [0.2, 0.25) is 0 Å². The van der Waals surface area contributed by atoms with E-state index in [9.17, 15) is 4.79 Å². The number of halogens is 1. The monoisotopic (exact) mass is 324 g/mol. The summed E-state index contributed by atoms with van der Waals surface area (Å²) < 4.78 is 1.04. The Balaban J connectivity index is 2.06. The summed E-state index contributed by atoms with van der Waals surface area (Å²) in [5.41, 5.74) is 8.06. The van der Waals surface area contributed by atoms with Crippen LogP contribution in [-0.2, 0) is 6.54 Å². The zero-order valence-corrected chi connectivity index (χ0v) is 12.3. The lowest BCUT2D eigenvalue weighted by molar-refractivity contribution is 0.100. The Bertz CT molecular complexity index is 580. The van der Waals surface area contributed by atoms with Gasteiger partial charge in [-0.2, -0.15) is 0 Å². The molecule has 0 saturated carbocycles. The van der Waals surface area contributed by atoms with Crippen LogP contribution in [0.5, 0.6) is 0 Å². The number of anilines is 1. The van der Waals surface area contributed by atoms with Gasteiger partial charge in [0.15, 0.2) is 0 Å². The average molecular weight is 325 g/mol. The maximum Gasteiger partial charge on any atom is 0.249 e. The quantitative estimate of drug-likeness (QED) is 0.903. The molecule has 0 unspecified atom stereocenters. The predicted molar refractivity (Wildman–Crippen MR) is 79.0 cm³/mol. The Morgan fingerprint density at radius 1 is 1.44 bits per heavy atom. The third-order valence-electron chi connectivity index (χ3n) is 2.59. The molecule has 18 heavy (non-hydrogen) atoms. The van der Waals surface area contributed by atoms with Crippen LogP contribution in [0, 0.1) is 6.92 Å². The van der Waals surface area contributed by atoms with E-state index in [4.69, 9.17) is 5.73 Å². The number of nitrogens with one attached hydrogen (secondary N) is 1. The van der Waals surface area contributed by atoms with Crippen LogP contribution in [-0.4, -0.2) is 5.91 Å². The highest BCUT2D eigenvalue weighted by Crippen LogP contribution is 2.22. The van der Waals surface area contributed by atoms with Crippen molar-refractivity contribution in [2.24, 2.45) is 5.73 Å². The Morgan fingerprint density at radius 2 is 2.22 bits per heavy atom. The molecule has 0 saturated heterocycles. The summed E-state index contributed by atoms with van der Waals surface area (Å²) in [5.74, 6) is -0.379. The number of amides is 1. The number of carbonyl (C=O) groups excluding carboxylic acids is 1. The summed E-state index contributed by atoms with van der Waals surface area (Å²) >= 11 is 4.98. The molecule has 2 rings (SSSR count). The molecule has 1 aromatic carbocycles. The Labute approximate surface area is 118 Å². The lowest BCUT2D eigenvalue weighted by atomic mass is 10.2. The number of nitrogens with two attached hydrogens (primary N) is 1. The fourth-order valence-corrected chi connectivity index (χ4v) is 2.74. The van der Waals surface area contributed by atoms with Gasteiger partial charge in [-0.15, -0.1) is 11.3 Å².